The highest BCUT2D eigenvalue weighted by Crippen LogP contribution is 2.45. The van der Waals surface area contributed by atoms with Crippen molar-refractivity contribution in [2.75, 3.05) is 5.32 Å². The second-order valence-electron chi connectivity index (χ2n) is 6.27. The SMILES string of the molecule is CC1(C)CCc2ccccc2C1Nc1ccc(I)cc1. The molecule has 0 heterocycles. The summed E-state index contributed by atoms with van der Waals surface area (Å²) in [6.07, 6.45) is 2.42. The van der Waals surface area contributed by atoms with Crippen molar-refractivity contribution in [3.8, 4) is 0 Å². The number of nitrogens with one attached hydrogen (secondary N) is 1. The van der Waals surface area contributed by atoms with Gasteiger partial charge in [0.05, 0.1) is 6.04 Å². The van der Waals surface area contributed by atoms with E-state index >= 15 is 0 Å². The predicted molar refractivity (Wildman–Crippen MR) is 94.1 cm³/mol. The molecule has 0 spiro atoms. The van der Waals surface area contributed by atoms with E-state index in [1.807, 2.05) is 0 Å². The van der Waals surface area contributed by atoms with Gasteiger partial charge in [0.1, 0.15) is 0 Å². The highest BCUT2D eigenvalue weighted by molar-refractivity contribution is 14.1. The number of anilines is 1. The molecular formula is C18H20IN. The Kier molecular flexibility index (Phi) is 3.76. The maximum absolute atomic E-state index is 3.75. The van der Waals surface area contributed by atoms with Gasteiger partial charge in [-0.2, -0.15) is 0 Å². The first-order valence-corrected chi connectivity index (χ1v) is 8.24. The maximum atomic E-state index is 3.75. The van der Waals surface area contributed by atoms with Crippen LogP contribution in [-0.4, -0.2) is 0 Å². The first kappa shape index (κ1) is 13.9. The van der Waals surface area contributed by atoms with Crippen molar-refractivity contribution in [2.45, 2.75) is 32.7 Å². The lowest BCUT2D eigenvalue weighted by Crippen LogP contribution is -2.33. The Morgan fingerprint density at radius 3 is 2.50 bits per heavy atom. The molecule has 2 heteroatoms. The van der Waals surface area contributed by atoms with Crippen LogP contribution in [0.1, 0.15) is 37.4 Å². The second kappa shape index (κ2) is 5.40. The van der Waals surface area contributed by atoms with E-state index in [4.69, 9.17) is 0 Å². The summed E-state index contributed by atoms with van der Waals surface area (Å²) in [5, 5.41) is 3.75. The lowest BCUT2D eigenvalue weighted by Gasteiger charge is -2.41. The van der Waals surface area contributed by atoms with Crippen molar-refractivity contribution in [1.29, 1.82) is 0 Å². The topological polar surface area (TPSA) is 12.0 Å². The van der Waals surface area contributed by atoms with E-state index in [2.05, 4.69) is 90.3 Å². The van der Waals surface area contributed by atoms with Crippen LogP contribution in [0.4, 0.5) is 5.69 Å². The third-order valence-electron chi connectivity index (χ3n) is 4.34. The van der Waals surface area contributed by atoms with E-state index in [0.29, 0.717) is 6.04 Å². The van der Waals surface area contributed by atoms with E-state index in [9.17, 15) is 0 Å². The molecule has 1 aliphatic carbocycles. The van der Waals surface area contributed by atoms with E-state index in [0.717, 1.165) is 0 Å². The number of aryl methyl sites for hydroxylation is 1. The third-order valence-corrected chi connectivity index (χ3v) is 5.06. The van der Waals surface area contributed by atoms with Gasteiger partial charge in [0.15, 0.2) is 0 Å². The smallest absolute Gasteiger partial charge is 0.0567 e. The minimum Gasteiger partial charge on any atom is -0.378 e. The van der Waals surface area contributed by atoms with E-state index in [1.165, 1.54) is 33.2 Å². The van der Waals surface area contributed by atoms with Gasteiger partial charge in [-0.3, -0.25) is 0 Å². The summed E-state index contributed by atoms with van der Waals surface area (Å²) < 4.78 is 1.27. The fourth-order valence-electron chi connectivity index (χ4n) is 3.05. The molecule has 104 valence electrons. The zero-order valence-corrected chi connectivity index (χ0v) is 14.1. The van der Waals surface area contributed by atoms with Gasteiger partial charge in [0.2, 0.25) is 0 Å². The molecule has 1 unspecified atom stereocenters. The number of rotatable bonds is 2. The lowest BCUT2D eigenvalue weighted by molar-refractivity contribution is 0.265. The molecule has 2 aromatic rings. The van der Waals surface area contributed by atoms with E-state index in [-0.39, 0.29) is 5.41 Å². The van der Waals surface area contributed by atoms with Gasteiger partial charge in [-0.1, -0.05) is 38.1 Å². The van der Waals surface area contributed by atoms with Crippen molar-refractivity contribution < 1.29 is 0 Å². The Morgan fingerprint density at radius 2 is 1.75 bits per heavy atom. The fourth-order valence-corrected chi connectivity index (χ4v) is 3.41. The van der Waals surface area contributed by atoms with Crippen LogP contribution in [0.25, 0.3) is 0 Å². The quantitative estimate of drug-likeness (QED) is 0.690. The summed E-state index contributed by atoms with van der Waals surface area (Å²) in [6, 6.07) is 17.9. The number of hydrogen-bond acceptors (Lipinski definition) is 1. The zero-order chi connectivity index (χ0) is 14.2. The van der Waals surface area contributed by atoms with Crippen LogP contribution in [0.2, 0.25) is 0 Å². The summed E-state index contributed by atoms with van der Waals surface area (Å²) in [5.74, 6) is 0. The molecule has 1 atom stereocenters. The van der Waals surface area contributed by atoms with E-state index < -0.39 is 0 Å². The highest BCUT2D eigenvalue weighted by atomic mass is 127. The maximum Gasteiger partial charge on any atom is 0.0567 e. The zero-order valence-electron chi connectivity index (χ0n) is 12.0. The Labute approximate surface area is 134 Å². The summed E-state index contributed by atoms with van der Waals surface area (Å²) in [5.41, 5.74) is 4.44. The largest absolute Gasteiger partial charge is 0.378 e. The van der Waals surface area contributed by atoms with Crippen LogP contribution < -0.4 is 5.32 Å². The molecule has 1 aliphatic rings. The first-order valence-electron chi connectivity index (χ1n) is 7.16. The van der Waals surface area contributed by atoms with Crippen LogP contribution in [0, 0.1) is 8.99 Å². The van der Waals surface area contributed by atoms with Gasteiger partial charge in [0, 0.05) is 9.26 Å². The van der Waals surface area contributed by atoms with Gasteiger partial charge in [-0.25, -0.2) is 0 Å². The third kappa shape index (κ3) is 2.71. The molecule has 1 N–H and O–H groups in total. The highest BCUT2D eigenvalue weighted by Gasteiger charge is 2.35. The first-order chi connectivity index (χ1) is 9.56. The van der Waals surface area contributed by atoms with Crippen molar-refractivity contribution in [1.82, 2.24) is 0 Å². The molecule has 0 saturated heterocycles. The average molecular weight is 377 g/mol. The minimum absolute atomic E-state index is 0.275. The molecule has 20 heavy (non-hydrogen) atoms. The van der Waals surface area contributed by atoms with Gasteiger partial charge in [-0.15, -0.1) is 0 Å². The fraction of sp³-hybridized carbons (Fsp3) is 0.333. The molecule has 0 amide bonds. The molecular weight excluding hydrogens is 357 g/mol. The van der Waals surface area contributed by atoms with Crippen LogP contribution in [-0.2, 0) is 6.42 Å². The molecule has 2 aromatic carbocycles. The summed E-state index contributed by atoms with van der Waals surface area (Å²) in [7, 11) is 0. The van der Waals surface area contributed by atoms with Gasteiger partial charge < -0.3 is 5.32 Å². The van der Waals surface area contributed by atoms with E-state index in [1.54, 1.807) is 0 Å². The molecule has 1 nitrogen and oxygen atoms in total. The van der Waals surface area contributed by atoms with Crippen molar-refractivity contribution in [3.05, 3.63) is 63.2 Å². The predicted octanol–water partition coefficient (Wildman–Crippen LogP) is 5.42. The normalized spacial score (nSPS) is 20.2. The van der Waals surface area contributed by atoms with Crippen molar-refractivity contribution in [3.63, 3.8) is 0 Å². The van der Waals surface area contributed by atoms with Crippen molar-refractivity contribution in [2.24, 2.45) is 5.41 Å². The molecule has 0 aromatic heterocycles. The average Bonchev–Trinajstić information content (AvgIpc) is 2.44. The number of benzene rings is 2. The Hall–Kier alpha value is -1.03. The molecule has 3 rings (SSSR count). The standard InChI is InChI=1S/C18H20IN/c1-18(2)12-11-13-5-3-4-6-16(13)17(18)20-15-9-7-14(19)8-10-15/h3-10,17,20H,11-12H2,1-2H3. The Bertz CT molecular complexity index is 601. The minimum atomic E-state index is 0.275. The molecule has 0 saturated carbocycles. The van der Waals surface area contributed by atoms with Gasteiger partial charge >= 0.3 is 0 Å². The molecule has 0 radical (unpaired) electrons. The van der Waals surface area contributed by atoms with Gasteiger partial charge in [-0.05, 0) is 76.2 Å². The Balaban J connectivity index is 1.95. The molecule has 0 aliphatic heterocycles. The van der Waals surface area contributed by atoms with Crippen LogP contribution in [0.15, 0.2) is 48.5 Å². The summed E-state index contributed by atoms with van der Waals surface area (Å²) >= 11 is 2.35. The molecule has 0 bridgehead atoms. The lowest BCUT2D eigenvalue weighted by atomic mass is 9.70. The number of halogens is 1. The summed E-state index contributed by atoms with van der Waals surface area (Å²) in [4.78, 5) is 0. The molecule has 0 fully saturated rings. The van der Waals surface area contributed by atoms with Crippen LogP contribution >= 0.6 is 22.6 Å². The Morgan fingerprint density at radius 1 is 1.05 bits per heavy atom. The monoisotopic (exact) mass is 377 g/mol. The second-order valence-corrected chi connectivity index (χ2v) is 7.52. The van der Waals surface area contributed by atoms with Crippen molar-refractivity contribution >= 4 is 28.3 Å². The summed E-state index contributed by atoms with van der Waals surface area (Å²) in [6.45, 7) is 4.74. The van der Waals surface area contributed by atoms with Crippen LogP contribution in [0.3, 0.4) is 0 Å². The number of hydrogen-bond donors (Lipinski definition) is 1. The van der Waals surface area contributed by atoms with Gasteiger partial charge in [0.25, 0.3) is 0 Å². The van der Waals surface area contributed by atoms with Crippen LogP contribution in [0.5, 0.6) is 0 Å². The number of fused-ring (bicyclic) bond motifs is 1.